The van der Waals surface area contributed by atoms with E-state index in [1.54, 1.807) is 6.92 Å². The van der Waals surface area contributed by atoms with Crippen LogP contribution in [0.25, 0.3) is 0 Å². The van der Waals surface area contributed by atoms with Crippen LogP contribution in [0.2, 0.25) is 0 Å². The molecule has 0 spiro atoms. The van der Waals surface area contributed by atoms with Crippen molar-refractivity contribution in [2.45, 2.75) is 19.3 Å². The first-order valence-electron chi connectivity index (χ1n) is 5.72. The Hall–Kier alpha value is -1.98. The molecule has 6 heteroatoms. The molecule has 0 aliphatic rings. The fourth-order valence-electron chi connectivity index (χ4n) is 1.72. The number of aliphatic carboxylic acids is 1. The number of rotatable bonds is 5. The third kappa shape index (κ3) is 4.31. The predicted octanol–water partition coefficient (Wildman–Crippen LogP) is 2.00. The molecule has 1 atom stereocenters. The number of hydrogen-bond donors (Lipinski definition) is 1. The van der Waals surface area contributed by atoms with Gasteiger partial charge in [-0.05, 0) is 17.5 Å². The maximum Gasteiger partial charge on any atom is 0.323 e. The summed E-state index contributed by atoms with van der Waals surface area (Å²) in [6.07, 6.45) is -0.0354. The van der Waals surface area contributed by atoms with Crippen LogP contribution in [-0.2, 0) is 9.59 Å². The summed E-state index contributed by atoms with van der Waals surface area (Å²) in [4.78, 5) is 23.2. The first-order valence-corrected chi connectivity index (χ1v) is 5.72. The molecular weight excluding hydrogens is 256 g/mol. The lowest BCUT2D eigenvalue weighted by atomic mass is 9.96. The van der Waals surface area contributed by atoms with E-state index >= 15 is 0 Å². The highest BCUT2D eigenvalue weighted by Gasteiger charge is 2.19. The molecule has 19 heavy (non-hydrogen) atoms. The molecule has 0 heterocycles. The molecular formula is C13H15F2NO3. The number of likely N-dealkylation sites (N-methyl/N-ethyl adjacent to an activating group) is 1. The molecule has 1 N–H and O–H groups in total. The molecule has 4 nitrogen and oxygen atoms in total. The summed E-state index contributed by atoms with van der Waals surface area (Å²) < 4.78 is 26.3. The standard InChI is InChI=1S/C13H15F2NO3/c1-8(5-12(17)16(2)7-13(18)19)10-4-3-9(14)6-11(10)15/h3-4,6,8H,5,7H2,1-2H3,(H,18,19). The highest BCUT2D eigenvalue weighted by Crippen LogP contribution is 2.23. The van der Waals surface area contributed by atoms with E-state index in [4.69, 9.17) is 5.11 Å². The highest BCUT2D eigenvalue weighted by molar-refractivity contribution is 5.81. The van der Waals surface area contributed by atoms with Crippen molar-refractivity contribution in [2.24, 2.45) is 0 Å². The fraction of sp³-hybridized carbons (Fsp3) is 0.385. The molecule has 0 aromatic heterocycles. The van der Waals surface area contributed by atoms with Gasteiger partial charge in [-0.2, -0.15) is 0 Å². The van der Waals surface area contributed by atoms with Gasteiger partial charge >= 0.3 is 5.97 Å². The van der Waals surface area contributed by atoms with Crippen molar-refractivity contribution in [1.82, 2.24) is 4.90 Å². The number of amides is 1. The van der Waals surface area contributed by atoms with Gasteiger partial charge in [-0.25, -0.2) is 8.78 Å². The minimum Gasteiger partial charge on any atom is -0.480 e. The molecule has 0 radical (unpaired) electrons. The Bertz CT molecular complexity index is 491. The van der Waals surface area contributed by atoms with E-state index in [-0.39, 0.29) is 12.0 Å². The molecule has 0 saturated carbocycles. The summed E-state index contributed by atoms with van der Waals surface area (Å²) >= 11 is 0. The van der Waals surface area contributed by atoms with Crippen molar-refractivity contribution in [3.8, 4) is 0 Å². The molecule has 0 bridgehead atoms. The summed E-state index contributed by atoms with van der Waals surface area (Å²) in [6.45, 7) is 1.22. The van der Waals surface area contributed by atoms with Gasteiger partial charge < -0.3 is 10.0 Å². The van der Waals surface area contributed by atoms with Crippen molar-refractivity contribution >= 4 is 11.9 Å². The van der Waals surface area contributed by atoms with Crippen molar-refractivity contribution in [2.75, 3.05) is 13.6 Å². The average Bonchev–Trinajstić information content (AvgIpc) is 2.27. The van der Waals surface area contributed by atoms with Crippen molar-refractivity contribution < 1.29 is 23.5 Å². The van der Waals surface area contributed by atoms with E-state index in [2.05, 4.69) is 0 Å². The van der Waals surface area contributed by atoms with Gasteiger partial charge in [0.15, 0.2) is 0 Å². The van der Waals surface area contributed by atoms with E-state index in [0.29, 0.717) is 0 Å². The smallest absolute Gasteiger partial charge is 0.323 e. The number of hydrogen-bond acceptors (Lipinski definition) is 2. The zero-order valence-corrected chi connectivity index (χ0v) is 10.7. The zero-order valence-electron chi connectivity index (χ0n) is 10.7. The summed E-state index contributed by atoms with van der Waals surface area (Å²) in [5.41, 5.74) is 0.235. The molecule has 1 aromatic carbocycles. The second-order valence-electron chi connectivity index (χ2n) is 4.41. The molecule has 1 rings (SSSR count). The quantitative estimate of drug-likeness (QED) is 0.891. The number of carbonyl (C=O) groups excluding carboxylic acids is 1. The lowest BCUT2D eigenvalue weighted by molar-refractivity contribution is -0.143. The Kier molecular flexibility index (Phi) is 4.97. The van der Waals surface area contributed by atoms with E-state index in [1.807, 2.05) is 0 Å². The molecule has 0 fully saturated rings. The van der Waals surface area contributed by atoms with Crippen molar-refractivity contribution in [1.29, 1.82) is 0 Å². The Morgan fingerprint density at radius 3 is 2.53 bits per heavy atom. The SMILES string of the molecule is CC(CC(=O)N(C)CC(=O)O)c1ccc(F)cc1F. The second-order valence-corrected chi connectivity index (χ2v) is 4.41. The predicted molar refractivity (Wildman–Crippen MR) is 64.7 cm³/mol. The van der Waals surface area contributed by atoms with E-state index in [0.717, 1.165) is 17.0 Å². The van der Waals surface area contributed by atoms with Crippen LogP contribution in [0.4, 0.5) is 8.78 Å². The van der Waals surface area contributed by atoms with E-state index < -0.39 is 36.0 Å². The van der Waals surface area contributed by atoms with Gasteiger partial charge in [-0.1, -0.05) is 13.0 Å². The van der Waals surface area contributed by atoms with Gasteiger partial charge in [0.05, 0.1) is 0 Å². The normalized spacial score (nSPS) is 12.0. The molecule has 1 unspecified atom stereocenters. The molecule has 0 aliphatic carbocycles. The van der Waals surface area contributed by atoms with Crippen LogP contribution < -0.4 is 0 Å². The van der Waals surface area contributed by atoms with Gasteiger partial charge in [0.2, 0.25) is 5.91 Å². The zero-order chi connectivity index (χ0) is 14.6. The van der Waals surface area contributed by atoms with Crippen molar-refractivity contribution in [3.05, 3.63) is 35.4 Å². The first-order chi connectivity index (χ1) is 8.81. The van der Waals surface area contributed by atoms with E-state index in [9.17, 15) is 18.4 Å². The van der Waals surface area contributed by atoms with Crippen LogP contribution >= 0.6 is 0 Å². The monoisotopic (exact) mass is 271 g/mol. The molecule has 104 valence electrons. The Labute approximate surface area is 109 Å². The van der Waals surface area contributed by atoms with Gasteiger partial charge in [0.1, 0.15) is 18.2 Å². The number of carboxylic acid groups (broad SMARTS) is 1. The number of halogens is 2. The summed E-state index contributed by atoms with van der Waals surface area (Å²) in [5.74, 6) is -3.36. The lowest BCUT2D eigenvalue weighted by Gasteiger charge is -2.18. The van der Waals surface area contributed by atoms with Crippen LogP contribution in [0.3, 0.4) is 0 Å². The molecule has 0 aliphatic heterocycles. The van der Waals surface area contributed by atoms with Crippen molar-refractivity contribution in [3.63, 3.8) is 0 Å². The fourth-order valence-corrected chi connectivity index (χ4v) is 1.72. The Morgan fingerprint density at radius 1 is 1.37 bits per heavy atom. The lowest BCUT2D eigenvalue weighted by Crippen LogP contribution is -2.32. The second kappa shape index (κ2) is 6.26. The Balaban J connectivity index is 2.71. The number of carboxylic acids is 1. The number of benzene rings is 1. The molecule has 1 aromatic rings. The minimum absolute atomic E-state index is 0.0354. The average molecular weight is 271 g/mol. The Morgan fingerprint density at radius 2 is 2.00 bits per heavy atom. The van der Waals surface area contributed by atoms with Crippen LogP contribution in [0.15, 0.2) is 18.2 Å². The van der Waals surface area contributed by atoms with E-state index in [1.165, 1.54) is 13.1 Å². The third-order valence-electron chi connectivity index (χ3n) is 2.77. The topological polar surface area (TPSA) is 57.6 Å². The highest BCUT2D eigenvalue weighted by atomic mass is 19.1. The van der Waals surface area contributed by atoms with Gasteiger partial charge in [-0.3, -0.25) is 9.59 Å². The maximum absolute atomic E-state index is 13.5. The third-order valence-corrected chi connectivity index (χ3v) is 2.77. The van der Waals surface area contributed by atoms with Crippen LogP contribution in [0.5, 0.6) is 0 Å². The largest absolute Gasteiger partial charge is 0.480 e. The molecule has 0 saturated heterocycles. The first kappa shape index (κ1) is 15.1. The summed E-state index contributed by atoms with van der Waals surface area (Å²) in [7, 11) is 1.37. The van der Waals surface area contributed by atoms with Gasteiger partial charge in [-0.15, -0.1) is 0 Å². The summed E-state index contributed by atoms with van der Waals surface area (Å²) in [5, 5.41) is 8.56. The number of carbonyl (C=O) groups is 2. The summed E-state index contributed by atoms with van der Waals surface area (Å²) in [6, 6.07) is 3.18. The van der Waals surface area contributed by atoms with Crippen LogP contribution in [0, 0.1) is 11.6 Å². The van der Waals surface area contributed by atoms with Crippen LogP contribution in [-0.4, -0.2) is 35.5 Å². The molecule has 1 amide bonds. The van der Waals surface area contributed by atoms with Gasteiger partial charge in [0.25, 0.3) is 0 Å². The minimum atomic E-state index is -1.11. The maximum atomic E-state index is 13.5. The van der Waals surface area contributed by atoms with Crippen LogP contribution in [0.1, 0.15) is 24.8 Å². The number of nitrogens with zero attached hydrogens (tertiary/aromatic N) is 1. The van der Waals surface area contributed by atoms with Gasteiger partial charge in [0, 0.05) is 19.5 Å².